The highest BCUT2D eigenvalue weighted by atomic mass is 31.2. The fourth-order valence-electron chi connectivity index (χ4n) is 3.29. The monoisotopic (exact) mass is 467 g/mol. The number of nitro benzene ring substituents is 1. The fourth-order valence-corrected chi connectivity index (χ4v) is 8.38. The van der Waals surface area contributed by atoms with Gasteiger partial charge in [0.25, 0.3) is 5.69 Å². The number of benzene rings is 3. The van der Waals surface area contributed by atoms with Crippen LogP contribution in [0.4, 0.5) is 5.69 Å². The Labute approximate surface area is 191 Å². The van der Waals surface area contributed by atoms with Crippen LogP contribution in [0.3, 0.4) is 0 Å². The fraction of sp³-hybridized carbons (Fsp3) is 0.280. The normalized spacial score (nSPS) is 13.5. The van der Waals surface area contributed by atoms with E-state index < -0.39 is 26.2 Å². The molecule has 3 aromatic rings. The summed E-state index contributed by atoms with van der Waals surface area (Å²) >= 11 is 0. The minimum atomic E-state index is -3.32. The maximum Gasteiger partial charge on any atom is 0.269 e. The van der Waals surface area contributed by atoms with Crippen LogP contribution in [0.25, 0.3) is 0 Å². The number of rotatable bonds is 7. The highest BCUT2D eigenvalue weighted by Gasteiger charge is 2.46. The highest BCUT2D eigenvalue weighted by molar-refractivity contribution is 7.78. The van der Waals surface area contributed by atoms with Crippen molar-refractivity contribution in [1.29, 1.82) is 0 Å². The number of non-ortho nitro benzene ring substituents is 1. The van der Waals surface area contributed by atoms with E-state index in [-0.39, 0.29) is 10.7 Å². The van der Waals surface area contributed by atoms with Crippen LogP contribution >= 0.6 is 7.14 Å². The van der Waals surface area contributed by atoms with Crippen molar-refractivity contribution >= 4 is 31.8 Å². The van der Waals surface area contributed by atoms with Gasteiger partial charge in [-0.1, -0.05) is 81.4 Å². The predicted octanol–water partition coefficient (Wildman–Crippen LogP) is 6.63. The average Bonchev–Trinajstić information content (AvgIpc) is 2.77. The molecule has 0 radical (unpaired) electrons. The second kappa shape index (κ2) is 9.14. The zero-order chi connectivity index (χ0) is 23.6. The van der Waals surface area contributed by atoms with Crippen molar-refractivity contribution < 1.29 is 13.9 Å². The molecule has 0 spiro atoms. The van der Waals surface area contributed by atoms with E-state index in [9.17, 15) is 10.1 Å². The molecule has 0 bridgehead atoms. The maximum atomic E-state index is 15.1. The van der Waals surface area contributed by atoms with Crippen LogP contribution in [0.2, 0.25) is 18.1 Å². The van der Waals surface area contributed by atoms with Gasteiger partial charge in [-0.05, 0) is 35.8 Å². The maximum absolute atomic E-state index is 15.1. The molecule has 0 aliphatic carbocycles. The molecule has 0 aromatic heterocycles. The highest BCUT2D eigenvalue weighted by Crippen LogP contribution is 2.60. The molecule has 0 heterocycles. The number of nitrogens with zero attached hydrogens (tertiary/aromatic N) is 1. The predicted molar refractivity (Wildman–Crippen MR) is 134 cm³/mol. The van der Waals surface area contributed by atoms with Crippen molar-refractivity contribution in [2.24, 2.45) is 0 Å². The molecule has 0 aliphatic heterocycles. The smallest absolute Gasteiger partial charge is 0.269 e. The van der Waals surface area contributed by atoms with Crippen LogP contribution in [0, 0.1) is 10.1 Å². The summed E-state index contributed by atoms with van der Waals surface area (Å²) < 4.78 is 22.0. The SMILES string of the molecule is CC(C)(C)[Si](C)(C)O[C@H](c1ccc([N+](=O)[O-])cc1)P(=O)(c1ccccc1)c1ccccc1. The quantitative estimate of drug-likeness (QED) is 0.169. The van der Waals surface area contributed by atoms with Crippen molar-refractivity contribution in [2.45, 2.75) is 44.7 Å². The lowest BCUT2D eigenvalue weighted by atomic mass is 10.2. The summed E-state index contributed by atoms with van der Waals surface area (Å²) in [6.07, 6.45) is 0. The third-order valence-corrected chi connectivity index (χ3v) is 14.0. The van der Waals surface area contributed by atoms with Gasteiger partial charge in [-0.2, -0.15) is 0 Å². The molecule has 32 heavy (non-hydrogen) atoms. The molecule has 3 rings (SSSR count). The summed E-state index contributed by atoms with van der Waals surface area (Å²) in [6, 6.07) is 25.1. The van der Waals surface area contributed by atoms with Crippen LogP contribution in [0.1, 0.15) is 32.2 Å². The zero-order valence-corrected chi connectivity index (χ0v) is 21.1. The van der Waals surface area contributed by atoms with Gasteiger partial charge in [0.1, 0.15) is 5.85 Å². The second-order valence-corrected chi connectivity index (χ2v) is 17.0. The van der Waals surface area contributed by atoms with Gasteiger partial charge in [-0.15, -0.1) is 0 Å². The Kier molecular flexibility index (Phi) is 6.89. The first-order valence-corrected chi connectivity index (χ1v) is 15.3. The van der Waals surface area contributed by atoms with E-state index in [0.29, 0.717) is 16.2 Å². The van der Waals surface area contributed by atoms with Crippen LogP contribution in [-0.2, 0) is 8.99 Å². The third kappa shape index (κ3) is 4.78. The molecule has 5 nitrogen and oxygen atoms in total. The molecular formula is C25H30NO4PSi. The van der Waals surface area contributed by atoms with Gasteiger partial charge in [0, 0.05) is 22.7 Å². The van der Waals surface area contributed by atoms with Crippen molar-refractivity contribution in [2.75, 3.05) is 0 Å². The van der Waals surface area contributed by atoms with E-state index in [1.54, 1.807) is 12.1 Å². The Morgan fingerprint density at radius 2 is 1.28 bits per heavy atom. The second-order valence-electron chi connectivity index (χ2n) is 9.41. The molecule has 3 aromatic carbocycles. The Hall–Kier alpha value is -2.53. The number of hydrogen-bond acceptors (Lipinski definition) is 4. The van der Waals surface area contributed by atoms with Gasteiger partial charge in [0.15, 0.2) is 15.5 Å². The van der Waals surface area contributed by atoms with Gasteiger partial charge >= 0.3 is 0 Å². The van der Waals surface area contributed by atoms with Crippen LogP contribution in [-0.4, -0.2) is 13.2 Å². The van der Waals surface area contributed by atoms with Crippen molar-refractivity contribution in [3.05, 3.63) is 101 Å². The Morgan fingerprint density at radius 1 is 0.844 bits per heavy atom. The van der Waals surface area contributed by atoms with Crippen LogP contribution < -0.4 is 10.6 Å². The summed E-state index contributed by atoms with van der Waals surface area (Å²) in [5, 5.41) is 12.5. The Balaban J connectivity index is 2.27. The average molecular weight is 468 g/mol. The molecular weight excluding hydrogens is 437 g/mol. The van der Waals surface area contributed by atoms with Gasteiger partial charge < -0.3 is 8.99 Å². The molecule has 7 heteroatoms. The summed E-state index contributed by atoms with van der Waals surface area (Å²) in [4.78, 5) is 10.8. The van der Waals surface area contributed by atoms with Gasteiger partial charge in [0.2, 0.25) is 0 Å². The van der Waals surface area contributed by atoms with Crippen molar-refractivity contribution in [3.63, 3.8) is 0 Å². The van der Waals surface area contributed by atoms with Gasteiger partial charge in [-0.3, -0.25) is 10.1 Å². The van der Waals surface area contributed by atoms with Crippen LogP contribution in [0.5, 0.6) is 0 Å². The van der Waals surface area contributed by atoms with Gasteiger partial charge in [-0.25, -0.2) is 0 Å². The van der Waals surface area contributed by atoms with E-state index >= 15 is 4.57 Å². The molecule has 0 saturated heterocycles. The third-order valence-electron chi connectivity index (χ3n) is 6.21. The standard InChI is InChI=1S/C25H30NO4PSi/c1-25(2,3)32(4,5)30-24(20-16-18-21(19-17-20)26(27)28)31(29,22-12-8-6-9-13-22)23-14-10-7-11-15-23/h6-19,24H,1-5H3/t24-/m0/s1. The number of nitro groups is 1. The number of hydrogen-bond donors (Lipinski definition) is 0. The zero-order valence-electron chi connectivity index (χ0n) is 19.2. The molecule has 0 amide bonds. The Morgan fingerprint density at radius 3 is 1.66 bits per heavy atom. The molecule has 0 unspecified atom stereocenters. The van der Waals surface area contributed by atoms with Crippen molar-refractivity contribution in [1.82, 2.24) is 0 Å². The lowest BCUT2D eigenvalue weighted by Crippen LogP contribution is -2.43. The largest absolute Gasteiger partial charge is 0.402 e. The van der Waals surface area contributed by atoms with E-state index in [1.165, 1.54) is 12.1 Å². The molecule has 0 saturated carbocycles. The van der Waals surface area contributed by atoms with E-state index in [0.717, 1.165) is 0 Å². The summed E-state index contributed by atoms with van der Waals surface area (Å²) in [5.74, 6) is -0.756. The minimum Gasteiger partial charge on any atom is -0.402 e. The molecule has 0 fully saturated rings. The van der Waals surface area contributed by atoms with Crippen molar-refractivity contribution in [3.8, 4) is 0 Å². The van der Waals surface area contributed by atoms with E-state index in [1.807, 2.05) is 60.7 Å². The van der Waals surface area contributed by atoms with Gasteiger partial charge in [0.05, 0.1) is 4.92 Å². The Bertz CT molecular complexity index is 1070. The van der Waals surface area contributed by atoms with E-state index in [4.69, 9.17) is 4.43 Å². The summed E-state index contributed by atoms with van der Waals surface area (Å²) in [6.45, 7) is 10.7. The van der Waals surface area contributed by atoms with Crippen LogP contribution in [0.15, 0.2) is 84.9 Å². The topological polar surface area (TPSA) is 69.4 Å². The first-order chi connectivity index (χ1) is 15.0. The minimum absolute atomic E-state index is 0.00548. The van der Waals surface area contributed by atoms with E-state index in [2.05, 4.69) is 33.9 Å². The molecule has 0 N–H and O–H groups in total. The summed E-state index contributed by atoms with van der Waals surface area (Å²) in [5.41, 5.74) is 0.672. The molecule has 1 atom stereocenters. The lowest BCUT2D eigenvalue weighted by Gasteiger charge is -2.41. The molecule has 168 valence electrons. The lowest BCUT2D eigenvalue weighted by molar-refractivity contribution is -0.384. The first kappa shape index (κ1) is 24.1. The molecule has 0 aliphatic rings. The first-order valence-electron chi connectivity index (χ1n) is 10.6. The summed E-state index contributed by atoms with van der Waals surface area (Å²) in [7, 11) is -5.69.